The number of hydrogen-bond acceptors (Lipinski definition) is 6. The number of anilines is 2. The summed E-state index contributed by atoms with van der Waals surface area (Å²) >= 11 is 2.24. The van der Waals surface area contributed by atoms with Gasteiger partial charge in [-0.3, -0.25) is 29.0 Å². The predicted molar refractivity (Wildman–Crippen MR) is 280 cm³/mol. The molecule has 2 saturated carbocycles. The summed E-state index contributed by atoms with van der Waals surface area (Å²) in [5.74, 6) is 2.88. The number of nitrogens with zero attached hydrogens (tertiary/aromatic N) is 2. The topological polar surface area (TPSA) is 104 Å². The second kappa shape index (κ2) is 21.0. The van der Waals surface area contributed by atoms with Crippen LogP contribution in [0.1, 0.15) is 91.7 Å². The average Bonchev–Trinajstić information content (AvgIpc) is 3.76. The van der Waals surface area contributed by atoms with Crippen molar-refractivity contribution < 1.29 is 28.9 Å². The van der Waals surface area contributed by atoms with Crippen molar-refractivity contribution in [2.75, 3.05) is 9.80 Å². The third-order valence-electron chi connectivity index (χ3n) is 16.1. The van der Waals surface area contributed by atoms with Gasteiger partial charge in [0.25, 0.3) is 0 Å². The fourth-order valence-corrected chi connectivity index (χ4v) is 12.9. The number of imide groups is 2. The zero-order valence-corrected chi connectivity index (χ0v) is 43.1. The number of aryl methyl sites for hydroxylation is 2. The van der Waals surface area contributed by atoms with Gasteiger partial charge >= 0.3 is 7.69 Å². The number of unbranched alkanes of at least 4 members (excludes halogenated alkanes) is 2. The van der Waals surface area contributed by atoms with Gasteiger partial charge in [-0.1, -0.05) is 125 Å². The minimum Gasteiger partial charge on any atom is -0.537 e. The van der Waals surface area contributed by atoms with Gasteiger partial charge in [0.15, 0.2) is 0 Å². The fraction of sp³-hybridized carbons (Fsp3) is 0.448. The van der Waals surface area contributed by atoms with Crippen molar-refractivity contribution in [3.63, 3.8) is 0 Å². The summed E-state index contributed by atoms with van der Waals surface area (Å²) in [6.45, 7) is 17.5. The SMILES string of the molecule is CC1=CC2[C@H](C(C)C)CC1[C@H]1C(=O)N(c3ccc(I)cc3)C(=O)[C@@H]21.CCCCCc1ccc(-c2ccc(N3C(=O)[C@@H]4C5C[C@@H](C(C)C)C(C=C5C)[C@@H]4C3=O)cc2)cc1.Cc1ccc(O[B]O)cc1. The number of amides is 4. The van der Waals surface area contributed by atoms with Gasteiger partial charge in [-0.15, -0.1) is 0 Å². The summed E-state index contributed by atoms with van der Waals surface area (Å²) in [6, 6.07) is 31.8. The van der Waals surface area contributed by atoms with Crippen LogP contribution in [-0.2, 0) is 25.6 Å². The van der Waals surface area contributed by atoms with Gasteiger partial charge < -0.3 is 9.68 Å². The highest BCUT2D eigenvalue weighted by atomic mass is 127. The van der Waals surface area contributed by atoms with Crippen molar-refractivity contribution in [2.45, 2.75) is 93.9 Å². The van der Waals surface area contributed by atoms with Crippen molar-refractivity contribution >= 4 is 65.3 Å². The molecule has 1 radical (unpaired) electrons. The number of fused-ring (bicyclic) bond motifs is 2. The maximum Gasteiger partial charge on any atom is 0.569 e. The third-order valence-corrected chi connectivity index (χ3v) is 16.8. The number of benzene rings is 4. The highest BCUT2D eigenvalue weighted by Gasteiger charge is 2.62. The zero-order valence-electron chi connectivity index (χ0n) is 40.9. The number of allylic oxidation sites excluding steroid dienone is 4. The summed E-state index contributed by atoms with van der Waals surface area (Å²) < 4.78 is 5.79. The van der Waals surface area contributed by atoms with Crippen LogP contribution in [0.4, 0.5) is 11.4 Å². The lowest BCUT2D eigenvalue weighted by atomic mass is 9.54. The molecular weight excluding hydrogens is 958 g/mol. The first-order valence-corrected chi connectivity index (χ1v) is 26.0. The van der Waals surface area contributed by atoms with Crippen molar-refractivity contribution in [1.29, 1.82) is 0 Å². The molecule has 4 aromatic rings. The van der Waals surface area contributed by atoms with Crippen LogP contribution in [-0.4, -0.2) is 36.3 Å². The predicted octanol–water partition coefficient (Wildman–Crippen LogP) is 12.2. The van der Waals surface area contributed by atoms with Crippen LogP contribution in [0.25, 0.3) is 11.1 Å². The molecule has 4 aromatic carbocycles. The monoisotopic (exact) mass is 1030 g/mol. The van der Waals surface area contributed by atoms with Crippen molar-refractivity contribution in [1.82, 2.24) is 0 Å². The Kier molecular flexibility index (Phi) is 15.4. The van der Waals surface area contributed by atoms with Gasteiger partial charge in [0.05, 0.1) is 40.8 Å². The molecule has 8 aliphatic rings. The van der Waals surface area contributed by atoms with E-state index in [0.29, 0.717) is 42.8 Å². The number of rotatable bonds is 11. The van der Waals surface area contributed by atoms with Gasteiger partial charge in [0, 0.05) is 3.57 Å². The lowest BCUT2D eigenvalue weighted by molar-refractivity contribution is -0.127. The van der Waals surface area contributed by atoms with E-state index in [2.05, 4.69) is 107 Å². The Morgan fingerprint density at radius 1 is 0.603 bits per heavy atom. The molecule has 4 amide bonds. The molecule has 2 saturated heterocycles. The van der Waals surface area contributed by atoms with Crippen LogP contribution in [0, 0.1) is 81.5 Å². The molecule has 2 aliphatic heterocycles. The highest BCUT2D eigenvalue weighted by Crippen LogP contribution is 2.58. The van der Waals surface area contributed by atoms with Gasteiger partial charge in [0.2, 0.25) is 23.6 Å². The number of halogens is 1. The van der Waals surface area contributed by atoms with E-state index < -0.39 is 0 Å². The van der Waals surface area contributed by atoms with Crippen molar-refractivity contribution in [3.05, 3.63) is 135 Å². The Balaban J connectivity index is 0.000000159. The number of carbonyl (C=O) groups excluding carboxylic acids is 4. The molecule has 6 aliphatic carbocycles. The van der Waals surface area contributed by atoms with E-state index in [-0.39, 0.29) is 71.0 Å². The first kappa shape index (κ1) is 49.6. The van der Waals surface area contributed by atoms with E-state index in [0.717, 1.165) is 39.6 Å². The van der Waals surface area contributed by atoms with Crippen LogP contribution in [0.5, 0.6) is 5.75 Å². The van der Waals surface area contributed by atoms with E-state index in [9.17, 15) is 19.2 Å². The maximum atomic E-state index is 13.6. The van der Waals surface area contributed by atoms with Crippen molar-refractivity contribution in [2.24, 2.45) is 71.0 Å². The second-order valence-electron chi connectivity index (χ2n) is 20.8. The van der Waals surface area contributed by atoms with E-state index in [4.69, 9.17) is 9.68 Å². The van der Waals surface area contributed by atoms with Crippen LogP contribution >= 0.6 is 22.6 Å². The van der Waals surface area contributed by atoms with Gasteiger partial charge in [-0.2, -0.15) is 0 Å². The molecule has 10 atom stereocenters. The lowest BCUT2D eigenvalue weighted by Gasteiger charge is -2.48. The fourth-order valence-electron chi connectivity index (χ4n) is 12.5. The van der Waals surface area contributed by atoms with E-state index in [1.54, 1.807) is 12.1 Å². The maximum absolute atomic E-state index is 13.6. The first-order chi connectivity index (χ1) is 32.6. The van der Waals surface area contributed by atoms with Gasteiger partial charge in [-0.05, 0) is 182 Å². The Hall–Kier alpha value is -4.81. The van der Waals surface area contributed by atoms with E-state index >= 15 is 0 Å². The second-order valence-corrected chi connectivity index (χ2v) is 22.1. The summed E-state index contributed by atoms with van der Waals surface area (Å²) in [6.07, 6.45) is 11.6. The largest absolute Gasteiger partial charge is 0.569 e. The molecule has 10 heteroatoms. The molecule has 1 N–H and O–H groups in total. The standard InChI is InChI=1S/C31H37NO2.C20H22INO2.C7H8BO2/c1-5-6-7-8-21-9-11-22(12-10-21)23-13-15-24(16-14-23)32-30(33)28-26-18-25(19(2)3)27(17-20(26)4)29(28)31(32)34;1-10(2)14-9-15-11(3)8-16(14)18-17(15)19(23)22(20(18)24)13-6-4-12(21)5-7-13;1-6-2-4-7(5-3-6)10-8-9/h9-17,19,25-29H,5-8,18H2,1-4H3;4-8,10,14-18H,9H2,1-3H3;2-5,9H,1H3/t25-,26?,27?,28+,29-;14-,15?,16?,17+,18-;/m00./s1. The molecule has 4 bridgehead atoms. The quantitative estimate of drug-likeness (QED) is 0.0528. The van der Waals surface area contributed by atoms with E-state index in [1.807, 2.05) is 67.6 Å². The summed E-state index contributed by atoms with van der Waals surface area (Å²) in [5.41, 5.74) is 8.87. The minimum absolute atomic E-state index is 0.00304. The molecule has 12 rings (SSSR count). The van der Waals surface area contributed by atoms with Crippen LogP contribution in [0.15, 0.2) is 120 Å². The molecular formula is C58H67BIN2O6. The molecule has 4 fully saturated rings. The smallest absolute Gasteiger partial charge is 0.537 e. The molecule has 0 spiro atoms. The van der Waals surface area contributed by atoms with Gasteiger partial charge in [-0.25, -0.2) is 0 Å². The molecule has 4 unspecified atom stereocenters. The minimum atomic E-state index is -0.192. The highest BCUT2D eigenvalue weighted by molar-refractivity contribution is 14.1. The molecule has 68 heavy (non-hydrogen) atoms. The number of hydrogen-bond donors (Lipinski definition) is 1. The van der Waals surface area contributed by atoms with E-state index in [1.165, 1.54) is 51.3 Å². The summed E-state index contributed by atoms with van der Waals surface area (Å²) in [4.78, 5) is 56.4. The molecule has 2 heterocycles. The summed E-state index contributed by atoms with van der Waals surface area (Å²) in [5, 5.41) is 8.24. The lowest BCUT2D eigenvalue weighted by Crippen LogP contribution is -2.46. The Morgan fingerprint density at radius 2 is 1.03 bits per heavy atom. The Labute approximate surface area is 418 Å². The van der Waals surface area contributed by atoms with Crippen LogP contribution in [0.3, 0.4) is 0 Å². The molecule has 8 nitrogen and oxygen atoms in total. The Bertz CT molecular complexity index is 2530. The van der Waals surface area contributed by atoms with Crippen molar-refractivity contribution in [3.8, 4) is 16.9 Å². The third kappa shape index (κ3) is 9.70. The number of carbonyl (C=O) groups is 4. The average molecular weight is 1030 g/mol. The molecule has 355 valence electrons. The normalized spacial score (nSPS) is 27.6. The zero-order chi connectivity index (χ0) is 48.6. The van der Waals surface area contributed by atoms with Gasteiger partial charge in [0.1, 0.15) is 0 Å². The summed E-state index contributed by atoms with van der Waals surface area (Å²) in [7, 11) is 0.671. The van der Waals surface area contributed by atoms with Crippen LogP contribution in [0.2, 0.25) is 0 Å². The van der Waals surface area contributed by atoms with Crippen LogP contribution < -0.4 is 14.5 Å². The first-order valence-electron chi connectivity index (χ1n) is 24.9. The molecule has 0 aromatic heterocycles. The Morgan fingerprint density at radius 3 is 1.46 bits per heavy atom.